The van der Waals surface area contributed by atoms with Gasteiger partial charge in [0.2, 0.25) is 5.84 Å². The molecule has 0 heterocycles. The number of halogens is 12. The molecule has 0 aliphatic carbocycles. The molecule has 0 aliphatic rings. The third kappa shape index (κ3) is 19.2. The Hall–Kier alpha value is -3.36. The highest BCUT2D eigenvalue weighted by atomic mass is 32.2. The van der Waals surface area contributed by atoms with Crippen LogP contribution >= 0.6 is 23.5 Å². The number of hydrogen-bond donors (Lipinski definition) is 3. The Morgan fingerprint density at radius 2 is 1.06 bits per heavy atom. The van der Waals surface area contributed by atoms with Crippen molar-refractivity contribution in [1.29, 1.82) is 0 Å². The molecule has 2 rings (SSSR count). The van der Waals surface area contributed by atoms with Gasteiger partial charge in [-0.25, -0.2) is 4.99 Å². The number of thioether (sulfide) groups is 2. The smallest absolute Gasteiger partial charge is 0.470 e. The van der Waals surface area contributed by atoms with Crippen LogP contribution in [-0.4, -0.2) is 62.2 Å². The zero-order chi connectivity index (χ0) is 35.6. The Morgan fingerprint density at radius 1 is 0.702 bits per heavy atom. The molecular weight excluding hydrogens is 708 g/mol. The first-order chi connectivity index (χ1) is 20.2. The van der Waals surface area contributed by atoms with Gasteiger partial charge in [-0.1, -0.05) is 14.9 Å². The number of rotatable bonds is 7. The molecule has 47 heavy (non-hydrogen) atoms. The second-order valence-corrected chi connectivity index (χ2v) is 10.3. The minimum Gasteiger partial charge on any atom is -0.495 e. The van der Waals surface area contributed by atoms with E-state index in [2.05, 4.69) is 10.7 Å². The summed E-state index contributed by atoms with van der Waals surface area (Å²) in [5, 5.41) is 0. The fourth-order valence-corrected chi connectivity index (χ4v) is 4.20. The van der Waals surface area contributed by atoms with Crippen molar-refractivity contribution < 1.29 is 67.0 Å². The first-order valence-corrected chi connectivity index (χ1v) is 13.5. The van der Waals surface area contributed by atoms with Gasteiger partial charge in [0.1, 0.15) is 17.2 Å². The molecule has 21 heteroatoms. The van der Waals surface area contributed by atoms with E-state index in [-0.39, 0.29) is 31.2 Å². The lowest BCUT2D eigenvalue weighted by Gasteiger charge is -2.13. The van der Waals surface area contributed by atoms with Gasteiger partial charge in [0.25, 0.3) is 0 Å². The molecule has 1 amide bonds. The maximum Gasteiger partial charge on any atom is 0.470 e. The number of nitrogens with zero attached hydrogens (tertiary/aromatic N) is 1. The van der Waals surface area contributed by atoms with E-state index in [0.29, 0.717) is 33.7 Å². The molecule has 0 atom stereocenters. The third-order valence-corrected chi connectivity index (χ3v) is 7.04. The van der Waals surface area contributed by atoms with E-state index < -0.39 is 48.0 Å². The summed E-state index contributed by atoms with van der Waals surface area (Å²) in [6, 6.07) is 5.53. The van der Waals surface area contributed by atoms with Gasteiger partial charge in [-0.05, 0) is 49.2 Å². The largest absolute Gasteiger partial charge is 0.495 e. The number of primary amides is 1. The minimum absolute atomic E-state index is 0. The number of carbonyl (C=O) groups is 1. The fraction of sp³-hybridized carbons (Fsp3) is 0.462. The Bertz CT molecular complexity index is 1310. The normalized spacial score (nSPS) is 11.9. The van der Waals surface area contributed by atoms with Crippen LogP contribution in [-0.2, 0) is 4.79 Å². The molecule has 0 radical (unpaired) electrons. The summed E-state index contributed by atoms with van der Waals surface area (Å²) >= 11 is 1.18. The van der Waals surface area contributed by atoms with E-state index in [9.17, 15) is 52.7 Å². The number of methoxy groups -OCH3 is 2. The van der Waals surface area contributed by atoms with E-state index in [0.717, 1.165) is 23.4 Å². The predicted molar refractivity (Wildman–Crippen MR) is 159 cm³/mol. The number of nitrogen functional groups attached to an aromatic ring is 1. The minimum atomic E-state index is -4.86. The zero-order valence-corrected chi connectivity index (χ0v) is 25.1. The van der Waals surface area contributed by atoms with Crippen molar-refractivity contribution >= 4 is 46.6 Å². The van der Waals surface area contributed by atoms with E-state index in [1.807, 2.05) is 0 Å². The molecular formula is C26H34F12N4O3S2. The second-order valence-electron chi connectivity index (χ2n) is 8.31. The van der Waals surface area contributed by atoms with Crippen molar-refractivity contribution in [3.8, 4) is 11.5 Å². The van der Waals surface area contributed by atoms with E-state index >= 15 is 0 Å². The van der Waals surface area contributed by atoms with Crippen LogP contribution in [0, 0.1) is 13.8 Å². The third-order valence-electron chi connectivity index (χ3n) is 4.60. The topological polar surface area (TPSA) is 126 Å². The summed E-state index contributed by atoms with van der Waals surface area (Å²) in [6.07, 6.45) is -18.3. The summed E-state index contributed by atoms with van der Waals surface area (Å²) in [7, 11) is 2.67. The zero-order valence-electron chi connectivity index (χ0n) is 23.5. The molecule has 0 saturated carbocycles. The average molecular weight is 743 g/mol. The number of amidine groups is 1. The highest BCUT2D eigenvalue weighted by Crippen LogP contribution is 2.38. The molecule has 0 saturated heterocycles. The molecule has 0 aliphatic heterocycles. The number of hydrogen-bond acceptors (Lipinski definition) is 7. The highest BCUT2D eigenvalue weighted by molar-refractivity contribution is 7.99. The number of aryl methyl sites for hydroxylation is 2. The van der Waals surface area contributed by atoms with Crippen LogP contribution in [0.3, 0.4) is 0 Å². The van der Waals surface area contributed by atoms with Crippen LogP contribution < -0.4 is 26.7 Å². The lowest BCUT2D eigenvalue weighted by atomic mass is 10.2. The summed E-state index contributed by atoms with van der Waals surface area (Å²) in [5.74, 6) is -5.48. The van der Waals surface area contributed by atoms with Crippen molar-refractivity contribution in [2.75, 3.05) is 31.5 Å². The second kappa shape index (κ2) is 19.5. The number of benzene rings is 2. The van der Waals surface area contributed by atoms with Gasteiger partial charge < -0.3 is 26.7 Å². The molecule has 272 valence electrons. The van der Waals surface area contributed by atoms with Gasteiger partial charge in [-0.2, -0.15) is 52.7 Å². The first-order valence-electron chi connectivity index (χ1n) is 11.5. The van der Waals surface area contributed by atoms with E-state index in [1.54, 1.807) is 13.0 Å². The number of amides is 1. The predicted octanol–water partition coefficient (Wildman–Crippen LogP) is 8.76. The number of ether oxygens (including phenoxy) is 2. The number of anilines is 1. The molecule has 0 bridgehead atoms. The van der Waals surface area contributed by atoms with Crippen molar-refractivity contribution in [2.45, 2.75) is 63.2 Å². The van der Waals surface area contributed by atoms with E-state index in [1.165, 1.54) is 33.3 Å². The summed E-state index contributed by atoms with van der Waals surface area (Å²) in [5.41, 5.74) is 15.5. The van der Waals surface area contributed by atoms with Gasteiger partial charge in [0, 0.05) is 9.79 Å². The standard InChI is InChI=1S/C12H12F6N2OS.C10H12F3NOS.C2H2F3NO.2CH4/c1-6-3-8(21-2)7(20-10(19)12(16,17)18)4-9(6)22-5-11(13,14)15;1-6-3-8(15-2)7(14)4-9(6)16-5-10(11,12)13;3-2(4,5)1(6)7;;/h3-4H,5H2,1-2H3,(H2,19,20);3-4H,5,14H2,1-2H3;(H2,6,7);2*1H4. The monoisotopic (exact) mass is 742 g/mol. The SMILES string of the molecule is C.C.COc1cc(C)c(SCC(F)(F)F)cc1N.COc1cc(C)c(SCC(F)(F)F)cc1N=C(N)C(F)(F)F.NC(=O)C(F)(F)F. The van der Waals surface area contributed by atoms with Crippen molar-refractivity contribution in [3.63, 3.8) is 0 Å². The van der Waals surface area contributed by atoms with Crippen LogP contribution in [0.1, 0.15) is 26.0 Å². The van der Waals surface area contributed by atoms with Gasteiger partial charge in [0.05, 0.1) is 31.4 Å². The Morgan fingerprint density at radius 3 is 1.38 bits per heavy atom. The van der Waals surface area contributed by atoms with Gasteiger partial charge in [-0.15, -0.1) is 23.5 Å². The van der Waals surface area contributed by atoms with Crippen LogP contribution in [0.25, 0.3) is 0 Å². The Balaban J connectivity index is -0.000000680. The molecule has 0 unspecified atom stereocenters. The summed E-state index contributed by atoms with van der Waals surface area (Å²) in [6.45, 7) is 3.24. The summed E-state index contributed by atoms with van der Waals surface area (Å²) in [4.78, 5) is 13.0. The van der Waals surface area contributed by atoms with Crippen LogP contribution in [0.15, 0.2) is 39.0 Å². The van der Waals surface area contributed by atoms with E-state index in [4.69, 9.17) is 25.7 Å². The number of alkyl halides is 12. The molecule has 0 aromatic heterocycles. The highest BCUT2D eigenvalue weighted by Gasteiger charge is 2.36. The number of carbonyl (C=O) groups excluding carboxylic acids is 1. The maximum atomic E-state index is 12.4. The fourth-order valence-electron chi connectivity index (χ4n) is 2.58. The average Bonchev–Trinajstić information content (AvgIpc) is 2.87. The van der Waals surface area contributed by atoms with Crippen LogP contribution in [0.2, 0.25) is 0 Å². The van der Waals surface area contributed by atoms with Crippen molar-refractivity contribution in [3.05, 3.63) is 35.4 Å². The van der Waals surface area contributed by atoms with Crippen molar-refractivity contribution in [2.24, 2.45) is 16.5 Å². The molecule has 2 aromatic carbocycles. The quantitative estimate of drug-likeness (QED) is 0.0852. The van der Waals surface area contributed by atoms with Crippen LogP contribution in [0.5, 0.6) is 11.5 Å². The summed E-state index contributed by atoms with van der Waals surface area (Å²) < 4.78 is 152. The van der Waals surface area contributed by atoms with Crippen molar-refractivity contribution in [1.82, 2.24) is 0 Å². The number of aliphatic imine (C=N–C) groups is 1. The molecule has 6 N–H and O–H groups in total. The van der Waals surface area contributed by atoms with Gasteiger partial charge in [-0.3, -0.25) is 4.79 Å². The van der Waals surface area contributed by atoms with Crippen LogP contribution in [0.4, 0.5) is 64.1 Å². The first kappa shape index (κ1) is 48.0. The molecule has 2 aromatic rings. The van der Waals surface area contributed by atoms with Gasteiger partial charge >= 0.3 is 30.6 Å². The molecule has 0 spiro atoms. The Labute approximate surface area is 271 Å². The lowest BCUT2D eigenvalue weighted by Crippen LogP contribution is -2.30. The lowest BCUT2D eigenvalue weighted by molar-refractivity contribution is -0.169. The maximum absolute atomic E-state index is 12.4. The molecule has 7 nitrogen and oxygen atoms in total. The number of nitrogens with two attached hydrogens (primary N) is 3. The van der Waals surface area contributed by atoms with Gasteiger partial charge in [0.15, 0.2) is 0 Å². The Kier molecular flexibility index (Phi) is 19.9. The molecule has 0 fully saturated rings.